The van der Waals surface area contributed by atoms with Gasteiger partial charge in [-0.15, -0.1) is 0 Å². The van der Waals surface area contributed by atoms with Crippen molar-refractivity contribution in [3.8, 4) is 0 Å². The molecule has 0 amide bonds. The first-order valence-electron chi connectivity index (χ1n) is 7.09. The molecule has 20 heavy (non-hydrogen) atoms. The van der Waals surface area contributed by atoms with Crippen molar-refractivity contribution >= 4 is 33.7 Å². The molecule has 0 atom stereocenters. The van der Waals surface area contributed by atoms with Crippen LogP contribution in [0.5, 0.6) is 0 Å². The quantitative estimate of drug-likeness (QED) is 0.753. The van der Waals surface area contributed by atoms with E-state index in [1.807, 2.05) is 12.1 Å². The van der Waals surface area contributed by atoms with E-state index in [9.17, 15) is 4.79 Å². The molecular weight excluding hydrogens is 318 g/mol. The lowest BCUT2D eigenvalue weighted by Gasteiger charge is -2.26. The molecule has 1 aromatic rings. The zero-order chi connectivity index (χ0) is 14.5. The number of anilines is 1. The molecule has 1 aliphatic rings. The van der Waals surface area contributed by atoms with Gasteiger partial charge in [-0.25, -0.2) is 4.79 Å². The third-order valence-electron chi connectivity index (χ3n) is 3.44. The molecule has 1 aromatic carbocycles. The molecule has 4 heteroatoms. The highest BCUT2D eigenvalue weighted by atomic mass is 79.9. The SMILES string of the molecule is CCCCN(c1ccc(Br)cc1/C=C/C(=O)O)C1CC1. The lowest BCUT2D eigenvalue weighted by Crippen LogP contribution is -2.27. The molecule has 0 spiro atoms. The molecule has 1 fully saturated rings. The van der Waals surface area contributed by atoms with E-state index in [1.54, 1.807) is 6.08 Å². The van der Waals surface area contributed by atoms with Crippen molar-refractivity contribution in [1.29, 1.82) is 0 Å². The summed E-state index contributed by atoms with van der Waals surface area (Å²) in [4.78, 5) is 13.2. The second-order valence-corrected chi connectivity index (χ2v) is 6.07. The van der Waals surface area contributed by atoms with Crippen LogP contribution in [0.15, 0.2) is 28.7 Å². The Hall–Kier alpha value is -1.29. The molecule has 1 saturated carbocycles. The summed E-state index contributed by atoms with van der Waals surface area (Å²) in [7, 11) is 0. The van der Waals surface area contributed by atoms with Gasteiger partial charge in [0.15, 0.2) is 0 Å². The Kier molecular flexibility index (Phi) is 5.24. The van der Waals surface area contributed by atoms with Crippen LogP contribution in [0, 0.1) is 0 Å². The fourth-order valence-electron chi connectivity index (χ4n) is 2.30. The number of rotatable bonds is 7. The van der Waals surface area contributed by atoms with Gasteiger partial charge in [0.05, 0.1) is 0 Å². The van der Waals surface area contributed by atoms with E-state index in [2.05, 4.69) is 33.8 Å². The normalized spacial score (nSPS) is 14.7. The van der Waals surface area contributed by atoms with E-state index in [0.29, 0.717) is 6.04 Å². The van der Waals surface area contributed by atoms with Crippen molar-refractivity contribution in [2.24, 2.45) is 0 Å². The average Bonchev–Trinajstić information content (AvgIpc) is 3.23. The topological polar surface area (TPSA) is 40.5 Å². The number of hydrogen-bond donors (Lipinski definition) is 1. The molecule has 1 aliphatic carbocycles. The van der Waals surface area contributed by atoms with Gasteiger partial charge in [-0.2, -0.15) is 0 Å². The lowest BCUT2D eigenvalue weighted by molar-refractivity contribution is -0.131. The lowest BCUT2D eigenvalue weighted by atomic mass is 10.1. The van der Waals surface area contributed by atoms with Crippen LogP contribution in [0.4, 0.5) is 5.69 Å². The molecule has 3 nitrogen and oxygen atoms in total. The smallest absolute Gasteiger partial charge is 0.328 e. The molecule has 0 radical (unpaired) electrons. The zero-order valence-corrected chi connectivity index (χ0v) is 13.3. The number of unbranched alkanes of at least 4 members (excludes halogenated alkanes) is 1. The number of carbonyl (C=O) groups is 1. The largest absolute Gasteiger partial charge is 0.478 e. The van der Waals surface area contributed by atoms with E-state index >= 15 is 0 Å². The summed E-state index contributed by atoms with van der Waals surface area (Å²) in [5, 5.41) is 8.82. The van der Waals surface area contributed by atoms with Gasteiger partial charge in [0, 0.05) is 28.8 Å². The zero-order valence-electron chi connectivity index (χ0n) is 11.7. The van der Waals surface area contributed by atoms with Crippen molar-refractivity contribution in [2.75, 3.05) is 11.4 Å². The van der Waals surface area contributed by atoms with E-state index < -0.39 is 5.97 Å². The van der Waals surface area contributed by atoms with Crippen LogP contribution in [0.1, 0.15) is 38.2 Å². The average molecular weight is 338 g/mol. The first-order chi connectivity index (χ1) is 9.61. The van der Waals surface area contributed by atoms with Gasteiger partial charge in [-0.1, -0.05) is 29.3 Å². The van der Waals surface area contributed by atoms with Crippen molar-refractivity contribution in [3.63, 3.8) is 0 Å². The summed E-state index contributed by atoms with van der Waals surface area (Å²) in [6.07, 6.45) is 7.69. The molecule has 0 saturated heterocycles. The number of halogens is 1. The van der Waals surface area contributed by atoms with Crippen molar-refractivity contribution in [2.45, 2.75) is 38.6 Å². The van der Waals surface area contributed by atoms with Crippen LogP contribution in [0.3, 0.4) is 0 Å². The molecule has 0 heterocycles. The van der Waals surface area contributed by atoms with Crippen LogP contribution in [-0.4, -0.2) is 23.7 Å². The van der Waals surface area contributed by atoms with Crippen molar-refractivity contribution in [1.82, 2.24) is 0 Å². The molecule has 0 aromatic heterocycles. The Morgan fingerprint density at radius 3 is 2.85 bits per heavy atom. The fraction of sp³-hybridized carbons (Fsp3) is 0.438. The maximum atomic E-state index is 10.7. The van der Waals surface area contributed by atoms with Crippen LogP contribution in [0.25, 0.3) is 6.08 Å². The minimum absolute atomic E-state index is 0.625. The second kappa shape index (κ2) is 6.93. The summed E-state index contributed by atoms with van der Waals surface area (Å²) in [6.45, 7) is 3.23. The van der Waals surface area contributed by atoms with Crippen molar-refractivity contribution < 1.29 is 9.90 Å². The molecule has 108 valence electrons. The predicted octanol–water partition coefficient (Wildman–Crippen LogP) is 4.32. The standard InChI is InChI=1S/C16H20BrNO2/c1-2-3-10-18(14-6-7-14)15-8-5-13(17)11-12(15)4-9-16(19)20/h4-5,8-9,11,14H,2-3,6-7,10H2,1H3,(H,19,20)/b9-4+. The molecule has 0 aliphatic heterocycles. The molecule has 1 N–H and O–H groups in total. The Morgan fingerprint density at radius 2 is 2.25 bits per heavy atom. The Morgan fingerprint density at radius 1 is 1.50 bits per heavy atom. The van der Waals surface area contributed by atoms with Gasteiger partial charge in [-0.3, -0.25) is 0 Å². The van der Waals surface area contributed by atoms with E-state index in [4.69, 9.17) is 5.11 Å². The fourth-order valence-corrected chi connectivity index (χ4v) is 2.67. The van der Waals surface area contributed by atoms with Gasteiger partial charge in [-0.05, 0) is 49.1 Å². The van der Waals surface area contributed by atoms with Crippen molar-refractivity contribution in [3.05, 3.63) is 34.3 Å². The summed E-state index contributed by atoms with van der Waals surface area (Å²) >= 11 is 3.46. The molecule has 0 unspecified atom stereocenters. The number of benzene rings is 1. The Balaban J connectivity index is 2.29. The predicted molar refractivity (Wildman–Crippen MR) is 86.1 cm³/mol. The highest BCUT2D eigenvalue weighted by Gasteiger charge is 2.29. The summed E-state index contributed by atoms with van der Waals surface area (Å²) in [5.74, 6) is -0.914. The number of hydrogen-bond acceptors (Lipinski definition) is 2. The monoisotopic (exact) mass is 337 g/mol. The van der Waals surface area contributed by atoms with Crippen LogP contribution >= 0.6 is 15.9 Å². The van der Waals surface area contributed by atoms with Gasteiger partial charge in [0.2, 0.25) is 0 Å². The summed E-state index contributed by atoms with van der Waals surface area (Å²) < 4.78 is 0.970. The maximum absolute atomic E-state index is 10.7. The molecular formula is C16H20BrNO2. The minimum atomic E-state index is -0.914. The third-order valence-corrected chi connectivity index (χ3v) is 3.94. The van der Waals surface area contributed by atoms with E-state index in [-0.39, 0.29) is 0 Å². The first-order valence-corrected chi connectivity index (χ1v) is 7.88. The highest BCUT2D eigenvalue weighted by Crippen LogP contribution is 2.35. The highest BCUT2D eigenvalue weighted by molar-refractivity contribution is 9.10. The first kappa shape index (κ1) is 15.1. The third kappa shape index (κ3) is 4.10. The summed E-state index contributed by atoms with van der Waals surface area (Å²) in [6, 6.07) is 6.71. The van der Waals surface area contributed by atoms with Gasteiger partial charge in [0.1, 0.15) is 0 Å². The van der Waals surface area contributed by atoms with Gasteiger partial charge < -0.3 is 10.0 Å². The molecule has 2 rings (SSSR count). The maximum Gasteiger partial charge on any atom is 0.328 e. The van der Waals surface area contributed by atoms with E-state index in [1.165, 1.54) is 25.3 Å². The minimum Gasteiger partial charge on any atom is -0.478 e. The Bertz CT molecular complexity index is 509. The Labute approximate surface area is 128 Å². The number of carboxylic acid groups (broad SMARTS) is 1. The van der Waals surface area contributed by atoms with Crippen LogP contribution in [0.2, 0.25) is 0 Å². The van der Waals surface area contributed by atoms with Crippen LogP contribution < -0.4 is 4.90 Å². The van der Waals surface area contributed by atoms with Gasteiger partial charge in [0.25, 0.3) is 0 Å². The second-order valence-electron chi connectivity index (χ2n) is 5.15. The number of carboxylic acids is 1. The van der Waals surface area contributed by atoms with E-state index in [0.717, 1.165) is 28.7 Å². The number of aliphatic carboxylic acids is 1. The number of nitrogens with zero attached hydrogens (tertiary/aromatic N) is 1. The van der Waals surface area contributed by atoms with Gasteiger partial charge >= 0.3 is 5.97 Å². The summed E-state index contributed by atoms with van der Waals surface area (Å²) in [5.41, 5.74) is 2.10. The molecule has 0 bridgehead atoms. The van der Waals surface area contributed by atoms with Crippen LogP contribution in [-0.2, 0) is 4.79 Å².